The summed E-state index contributed by atoms with van der Waals surface area (Å²) in [6, 6.07) is 15.0. The van der Waals surface area contributed by atoms with Gasteiger partial charge in [0.1, 0.15) is 5.75 Å². The van der Waals surface area contributed by atoms with Gasteiger partial charge in [0, 0.05) is 29.1 Å². The summed E-state index contributed by atoms with van der Waals surface area (Å²) in [6.07, 6.45) is 0.458. The van der Waals surface area contributed by atoms with Gasteiger partial charge >= 0.3 is 0 Å². The summed E-state index contributed by atoms with van der Waals surface area (Å²) in [4.78, 5) is 32.1. The molecule has 0 saturated carbocycles. The molecule has 0 aliphatic heterocycles. The molecule has 0 radical (unpaired) electrons. The first-order chi connectivity index (χ1) is 14.5. The second-order valence-electron chi connectivity index (χ2n) is 6.61. The number of aromatic nitrogens is 2. The lowest BCUT2D eigenvalue weighted by atomic mass is 10.1. The molecule has 0 fully saturated rings. The molecule has 156 valence electrons. The van der Waals surface area contributed by atoms with Crippen molar-refractivity contribution in [2.24, 2.45) is 0 Å². The number of anilines is 1. The standard InChI is InChI=1S/C22H22ClN3O3S/c1-14-17(9-11-20(27)25-16-8-10-19(29-2)18(23)12-16)21(28)26-22(24-14)30-13-15-6-4-3-5-7-15/h3-8,10,12H,9,11,13H2,1-2H3,(H,25,27)(H,24,26,28). The van der Waals surface area contributed by atoms with Crippen LogP contribution in [0.25, 0.3) is 0 Å². The number of methoxy groups -OCH3 is 1. The van der Waals surface area contributed by atoms with Crippen LogP contribution in [-0.2, 0) is 17.0 Å². The van der Waals surface area contributed by atoms with Gasteiger partial charge in [0.25, 0.3) is 5.56 Å². The molecule has 0 bridgehead atoms. The lowest BCUT2D eigenvalue weighted by molar-refractivity contribution is -0.116. The van der Waals surface area contributed by atoms with Gasteiger partial charge in [-0.1, -0.05) is 53.7 Å². The van der Waals surface area contributed by atoms with Gasteiger partial charge in [-0.05, 0) is 37.1 Å². The van der Waals surface area contributed by atoms with Crippen molar-refractivity contribution in [2.45, 2.75) is 30.7 Å². The number of hydrogen-bond donors (Lipinski definition) is 2. The molecule has 2 N–H and O–H groups in total. The van der Waals surface area contributed by atoms with Crippen molar-refractivity contribution >= 4 is 35.0 Å². The quantitative estimate of drug-likeness (QED) is 0.392. The highest BCUT2D eigenvalue weighted by atomic mass is 35.5. The second-order valence-corrected chi connectivity index (χ2v) is 7.98. The molecule has 0 saturated heterocycles. The summed E-state index contributed by atoms with van der Waals surface area (Å²) in [6.45, 7) is 1.79. The summed E-state index contributed by atoms with van der Waals surface area (Å²) >= 11 is 7.55. The first-order valence-corrected chi connectivity index (χ1v) is 10.7. The molecule has 8 heteroatoms. The van der Waals surface area contributed by atoms with Crippen molar-refractivity contribution < 1.29 is 9.53 Å². The normalized spacial score (nSPS) is 10.6. The monoisotopic (exact) mass is 443 g/mol. The minimum absolute atomic E-state index is 0.158. The molecular weight excluding hydrogens is 422 g/mol. The maximum Gasteiger partial charge on any atom is 0.254 e. The fourth-order valence-corrected chi connectivity index (χ4v) is 4.00. The molecule has 2 aromatic carbocycles. The smallest absolute Gasteiger partial charge is 0.254 e. The molecular formula is C22H22ClN3O3S. The van der Waals surface area contributed by atoms with Crippen molar-refractivity contribution in [2.75, 3.05) is 12.4 Å². The van der Waals surface area contributed by atoms with Gasteiger partial charge in [0.05, 0.1) is 12.1 Å². The van der Waals surface area contributed by atoms with Gasteiger partial charge in [-0.2, -0.15) is 0 Å². The van der Waals surface area contributed by atoms with Crippen LogP contribution in [0.4, 0.5) is 5.69 Å². The highest BCUT2D eigenvalue weighted by Crippen LogP contribution is 2.27. The summed E-state index contributed by atoms with van der Waals surface area (Å²) in [5.41, 5.74) is 2.67. The molecule has 6 nitrogen and oxygen atoms in total. The first-order valence-electron chi connectivity index (χ1n) is 9.36. The Morgan fingerprint density at radius 2 is 2.00 bits per heavy atom. The van der Waals surface area contributed by atoms with Crippen LogP contribution in [0.5, 0.6) is 5.75 Å². The molecule has 1 amide bonds. The number of thioether (sulfide) groups is 1. The van der Waals surface area contributed by atoms with Gasteiger partial charge in [-0.3, -0.25) is 9.59 Å². The van der Waals surface area contributed by atoms with E-state index in [1.54, 1.807) is 25.1 Å². The molecule has 0 unspecified atom stereocenters. The molecule has 30 heavy (non-hydrogen) atoms. The van der Waals surface area contributed by atoms with Crippen LogP contribution < -0.4 is 15.6 Å². The molecule has 3 rings (SSSR count). The van der Waals surface area contributed by atoms with Crippen LogP contribution >= 0.6 is 23.4 Å². The average Bonchev–Trinajstić information content (AvgIpc) is 2.72. The number of benzene rings is 2. The van der Waals surface area contributed by atoms with E-state index in [1.165, 1.54) is 18.9 Å². The largest absolute Gasteiger partial charge is 0.495 e. The summed E-state index contributed by atoms with van der Waals surface area (Å²) < 4.78 is 5.10. The third-order valence-corrected chi connectivity index (χ3v) is 5.70. The first kappa shape index (κ1) is 21.9. The molecule has 1 aromatic heterocycles. The molecule has 1 heterocycles. The Morgan fingerprint density at radius 1 is 1.23 bits per heavy atom. The number of aromatic amines is 1. The number of H-pyrrole nitrogens is 1. The highest BCUT2D eigenvalue weighted by molar-refractivity contribution is 7.98. The summed E-state index contributed by atoms with van der Waals surface area (Å²) in [5, 5.41) is 3.76. The van der Waals surface area contributed by atoms with Crippen LogP contribution in [-0.4, -0.2) is 23.0 Å². The van der Waals surface area contributed by atoms with E-state index >= 15 is 0 Å². The maximum atomic E-state index is 12.5. The third-order valence-electron chi connectivity index (χ3n) is 4.46. The van der Waals surface area contributed by atoms with Crippen LogP contribution in [0, 0.1) is 6.92 Å². The number of nitrogens with one attached hydrogen (secondary N) is 2. The molecule has 0 aliphatic rings. The minimum Gasteiger partial charge on any atom is -0.495 e. The zero-order chi connectivity index (χ0) is 21.5. The molecule has 3 aromatic rings. The number of rotatable bonds is 8. The van der Waals surface area contributed by atoms with E-state index in [9.17, 15) is 9.59 Å². The third kappa shape index (κ3) is 5.87. The van der Waals surface area contributed by atoms with E-state index in [-0.39, 0.29) is 17.9 Å². The van der Waals surface area contributed by atoms with Crippen molar-refractivity contribution in [1.82, 2.24) is 9.97 Å². The lowest BCUT2D eigenvalue weighted by Gasteiger charge is -2.09. The second kappa shape index (κ2) is 10.3. The topological polar surface area (TPSA) is 84.1 Å². The Bertz CT molecular complexity index is 1090. The SMILES string of the molecule is COc1ccc(NC(=O)CCc2c(C)nc(SCc3ccccc3)[nH]c2=O)cc1Cl. The van der Waals surface area contributed by atoms with E-state index in [1.807, 2.05) is 30.3 Å². The van der Waals surface area contributed by atoms with Gasteiger partial charge < -0.3 is 15.0 Å². The van der Waals surface area contributed by atoms with Crippen molar-refractivity contribution in [3.8, 4) is 5.75 Å². The zero-order valence-corrected chi connectivity index (χ0v) is 18.3. The Hall–Kier alpha value is -2.77. The van der Waals surface area contributed by atoms with Gasteiger partial charge in [-0.15, -0.1) is 0 Å². The van der Waals surface area contributed by atoms with Crippen LogP contribution in [0.2, 0.25) is 5.02 Å². The van der Waals surface area contributed by atoms with E-state index < -0.39 is 0 Å². The van der Waals surface area contributed by atoms with Crippen molar-refractivity contribution in [1.29, 1.82) is 0 Å². The predicted octanol–water partition coefficient (Wildman–Crippen LogP) is 4.60. The van der Waals surface area contributed by atoms with Crippen LogP contribution in [0.3, 0.4) is 0 Å². The Kier molecular flexibility index (Phi) is 7.54. The van der Waals surface area contributed by atoms with Crippen LogP contribution in [0.1, 0.15) is 23.2 Å². The number of hydrogen-bond acceptors (Lipinski definition) is 5. The zero-order valence-electron chi connectivity index (χ0n) is 16.7. The number of ether oxygens (including phenoxy) is 1. The van der Waals surface area contributed by atoms with E-state index in [0.717, 1.165) is 11.3 Å². The van der Waals surface area contributed by atoms with Gasteiger partial charge in [-0.25, -0.2) is 4.98 Å². The fraction of sp³-hybridized carbons (Fsp3) is 0.227. The fourth-order valence-electron chi connectivity index (χ4n) is 2.88. The molecule has 0 aliphatic carbocycles. The van der Waals surface area contributed by atoms with Gasteiger partial charge in [0.2, 0.25) is 5.91 Å². The predicted molar refractivity (Wildman–Crippen MR) is 121 cm³/mol. The van der Waals surface area contributed by atoms with E-state index in [4.69, 9.17) is 16.3 Å². The Labute approximate surface area is 184 Å². The molecule has 0 atom stereocenters. The van der Waals surface area contributed by atoms with Gasteiger partial charge in [0.15, 0.2) is 5.16 Å². The Balaban J connectivity index is 1.59. The lowest BCUT2D eigenvalue weighted by Crippen LogP contribution is -2.20. The summed E-state index contributed by atoms with van der Waals surface area (Å²) in [7, 11) is 1.53. The van der Waals surface area contributed by atoms with E-state index in [0.29, 0.717) is 39.3 Å². The number of aryl methyl sites for hydroxylation is 1. The number of halogens is 1. The molecule has 0 spiro atoms. The van der Waals surface area contributed by atoms with Crippen molar-refractivity contribution in [3.05, 3.63) is 80.7 Å². The number of carbonyl (C=O) groups excluding carboxylic acids is 1. The van der Waals surface area contributed by atoms with Crippen LogP contribution in [0.15, 0.2) is 58.5 Å². The average molecular weight is 444 g/mol. The van der Waals surface area contributed by atoms with Crippen molar-refractivity contribution in [3.63, 3.8) is 0 Å². The number of carbonyl (C=O) groups is 1. The number of nitrogens with zero attached hydrogens (tertiary/aromatic N) is 1. The maximum absolute atomic E-state index is 12.5. The van der Waals surface area contributed by atoms with E-state index in [2.05, 4.69) is 15.3 Å². The summed E-state index contributed by atoms with van der Waals surface area (Å²) in [5.74, 6) is 1.04. The number of amides is 1. The highest BCUT2D eigenvalue weighted by Gasteiger charge is 2.12. The minimum atomic E-state index is -0.211. The Morgan fingerprint density at radius 3 is 2.67 bits per heavy atom.